The zero-order valence-electron chi connectivity index (χ0n) is 5.93. The standard InChI is InChI=1S/C8H14O/c1-8(9)5-6-2-3-7(8)4-6/h6-7,9H,2-5H2,1H3/t6-,7+,8-/m1/s1. The molecule has 2 fully saturated rings. The van der Waals surface area contributed by atoms with E-state index in [0.717, 1.165) is 12.3 Å². The summed E-state index contributed by atoms with van der Waals surface area (Å²) in [5.74, 6) is 1.51. The van der Waals surface area contributed by atoms with E-state index in [4.69, 9.17) is 0 Å². The van der Waals surface area contributed by atoms with Gasteiger partial charge in [0, 0.05) is 0 Å². The van der Waals surface area contributed by atoms with Crippen molar-refractivity contribution in [3.63, 3.8) is 0 Å². The Labute approximate surface area is 56.1 Å². The van der Waals surface area contributed by atoms with Crippen molar-refractivity contribution >= 4 is 0 Å². The van der Waals surface area contributed by atoms with Crippen molar-refractivity contribution in [1.82, 2.24) is 0 Å². The fraction of sp³-hybridized carbons (Fsp3) is 1.00. The van der Waals surface area contributed by atoms with Crippen molar-refractivity contribution in [1.29, 1.82) is 0 Å². The van der Waals surface area contributed by atoms with Gasteiger partial charge in [-0.05, 0) is 44.4 Å². The first kappa shape index (κ1) is 5.72. The van der Waals surface area contributed by atoms with Gasteiger partial charge >= 0.3 is 0 Å². The molecular weight excluding hydrogens is 112 g/mol. The summed E-state index contributed by atoms with van der Waals surface area (Å²) >= 11 is 0. The van der Waals surface area contributed by atoms with Gasteiger partial charge in [-0.3, -0.25) is 0 Å². The minimum Gasteiger partial charge on any atom is -0.390 e. The van der Waals surface area contributed by atoms with Gasteiger partial charge < -0.3 is 5.11 Å². The lowest BCUT2D eigenvalue weighted by atomic mass is 9.86. The van der Waals surface area contributed by atoms with Gasteiger partial charge in [-0.2, -0.15) is 0 Å². The fourth-order valence-electron chi connectivity index (χ4n) is 2.58. The Kier molecular flexibility index (Phi) is 0.963. The summed E-state index contributed by atoms with van der Waals surface area (Å²) in [5, 5.41) is 9.68. The summed E-state index contributed by atoms with van der Waals surface area (Å²) in [6, 6.07) is 0. The van der Waals surface area contributed by atoms with E-state index < -0.39 is 0 Å². The van der Waals surface area contributed by atoms with Crippen LogP contribution in [-0.4, -0.2) is 10.7 Å². The molecule has 9 heavy (non-hydrogen) atoms. The molecule has 0 aromatic carbocycles. The quantitative estimate of drug-likeness (QED) is 0.522. The van der Waals surface area contributed by atoms with Gasteiger partial charge in [-0.1, -0.05) is 0 Å². The highest BCUT2D eigenvalue weighted by molar-refractivity contribution is 4.98. The molecule has 0 saturated heterocycles. The van der Waals surface area contributed by atoms with Crippen LogP contribution in [0, 0.1) is 11.8 Å². The lowest BCUT2D eigenvalue weighted by Gasteiger charge is -2.27. The van der Waals surface area contributed by atoms with Crippen LogP contribution >= 0.6 is 0 Å². The Morgan fingerprint density at radius 3 is 2.44 bits per heavy atom. The molecule has 0 amide bonds. The van der Waals surface area contributed by atoms with Crippen molar-refractivity contribution in [2.45, 2.75) is 38.2 Å². The predicted molar refractivity (Wildman–Crippen MR) is 36.1 cm³/mol. The Morgan fingerprint density at radius 2 is 2.22 bits per heavy atom. The molecule has 1 N–H and O–H groups in total. The van der Waals surface area contributed by atoms with E-state index in [0.29, 0.717) is 5.92 Å². The van der Waals surface area contributed by atoms with Crippen LogP contribution < -0.4 is 0 Å². The minimum absolute atomic E-state index is 0.289. The topological polar surface area (TPSA) is 20.2 Å². The van der Waals surface area contributed by atoms with Gasteiger partial charge in [0.2, 0.25) is 0 Å². The summed E-state index contributed by atoms with van der Waals surface area (Å²) in [6.07, 6.45) is 5.02. The van der Waals surface area contributed by atoms with Gasteiger partial charge in [-0.25, -0.2) is 0 Å². The first-order chi connectivity index (χ1) is 4.18. The van der Waals surface area contributed by atoms with Crippen LogP contribution in [0.25, 0.3) is 0 Å². The third-order valence-electron chi connectivity index (χ3n) is 3.12. The summed E-state index contributed by atoms with van der Waals surface area (Å²) in [4.78, 5) is 0. The number of rotatable bonds is 0. The average Bonchev–Trinajstić information content (AvgIpc) is 2.19. The Balaban J connectivity index is 2.18. The van der Waals surface area contributed by atoms with Gasteiger partial charge in [0.15, 0.2) is 0 Å². The van der Waals surface area contributed by atoms with Crippen LogP contribution in [0.4, 0.5) is 0 Å². The second-order valence-electron chi connectivity index (χ2n) is 3.94. The summed E-state index contributed by atoms with van der Waals surface area (Å²) in [5.41, 5.74) is -0.289. The van der Waals surface area contributed by atoms with Gasteiger partial charge in [0.25, 0.3) is 0 Å². The Morgan fingerprint density at radius 1 is 1.44 bits per heavy atom. The van der Waals surface area contributed by atoms with E-state index in [1.807, 2.05) is 6.92 Å². The van der Waals surface area contributed by atoms with Crippen LogP contribution in [0.2, 0.25) is 0 Å². The van der Waals surface area contributed by atoms with E-state index in [2.05, 4.69) is 0 Å². The van der Waals surface area contributed by atoms with Crippen molar-refractivity contribution in [3.05, 3.63) is 0 Å². The maximum absolute atomic E-state index is 9.68. The first-order valence-electron chi connectivity index (χ1n) is 3.91. The summed E-state index contributed by atoms with van der Waals surface area (Å²) in [7, 11) is 0. The minimum atomic E-state index is -0.289. The normalized spacial score (nSPS) is 56.7. The molecule has 2 rings (SSSR count). The highest BCUT2D eigenvalue weighted by Crippen LogP contribution is 2.50. The zero-order valence-corrected chi connectivity index (χ0v) is 5.93. The number of fused-ring (bicyclic) bond motifs is 2. The van der Waals surface area contributed by atoms with Crippen LogP contribution in [0.1, 0.15) is 32.6 Å². The molecule has 2 aliphatic carbocycles. The van der Waals surface area contributed by atoms with Crippen LogP contribution in [0.15, 0.2) is 0 Å². The second-order valence-corrected chi connectivity index (χ2v) is 3.94. The lowest BCUT2D eigenvalue weighted by molar-refractivity contribution is 0.00531. The highest BCUT2D eigenvalue weighted by Gasteiger charge is 2.46. The largest absolute Gasteiger partial charge is 0.390 e. The molecule has 0 aliphatic heterocycles. The van der Waals surface area contributed by atoms with Crippen molar-refractivity contribution < 1.29 is 5.11 Å². The maximum atomic E-state index is 9.68. The van der Waals surface area contributed by atoms with Crippen molar-refractivity contribution in [2.75, 3.05) is 0 Å². The fourth-order valence-corrected chi connectivity index (χ4v) is 2.58. The van der Waals surface area contributed by atoms with Gasteiger partial charge in [-0.15, -0.1) is 0 Å². The SMILES string of the molecule is C[C@@]1(O)C[C@@H]2CC[C@H]1C2. The van der Waals surface area contributed by atoms with Crippen molar-refractivity contribution in [3.8, 4) is 0 Å². The molecular formula is C8H14O. The molecule has 0 heterocycles. The molecule has 0 radical (unpaired) electrons. The molecule has 1 heteroatoms. The smallest absolute Gasteiger partial charge is 0.0650 e. The van der Waals surface area contributed by atoms with E-state index in [1.165, 1.54) is 19.3 Å². The monoisotopic (exact) mass is 126 g/mol. The molecule has 2 bridgehead atoms. The Bertz CT molecular complexity index is 129. The Hall–Kier alpha value is -0.0400. The number of hydrogen-bond acceptors (Lipinski definition) is 1. The lowest BCUT2D eigenvalue weighted by Crippen LogP contribution is -2.30. The third kappa shape index (κ3) is 0.710. The second kappa shape index (κ2) is 1.51. The predicted octanol–water partition coefficient (Wildman–Crippen LogP) is 1.56. The highest BCUT2D eigenvalue weighted by atomic mass is 16.3. The maximum Gasteiger partial charge on any atom is 0.0650 e. The summed E-state index contributed by atoms with van der Waals surface area (Å²) in [6.45, 7) is 2.00. The number of aliphatic hydroxyl groups is 1. The number of hydrogen-bond donors (Lipinski definition) is 1. The van der Waals surface area contributed by atoms with E-state index in [9.17, 15) is 5.11 Å². The molecule has 3 atom stereocenters. The molecule has 1 nitrogen and oxygen atoms in total. The molecule has 0 aromatic rings. The van der Waals surface area contributed by atoms with Crippen LogP contribution in [0.3, 0.4) is 0 Å². The third-order valence-corrected chi connectivity index (χ3v) is 3.12. The van der Waals surface area contributed by atoms with Crippen LogP contribution in [-0.2, 0) is 0 Å². The molecule has 0 aromatic heterocycles. The molecule has 2 saturated carbocycles. The van der Waals surface area contributed by atoms with Gasteiger partial charge in [0.05, 0.1) is 5.60 Å². The van der Waals surface area contributed by atoms with Crippen molar-refractivity contribution in [2.24, 2.45) is 11.8 Å². The van der Waals surface area contributed by atoms with E-state index in [-0.39, 0.29) is 5.60 Å². The first-order valence-corrected chi connectivity index (χ1v) is 3.91. The molecule has 0 unspecified atom stereocenters. The van der Waals surface area contributed by atoms with Gasteiger partial charge in [0.1, 0.15) is 0 Å². The van der Waals surface area contributed by atoms with Crippen LogP contribution in [0.5, 0.6) is 0 Å². The van der Waals surface area contributed by atoms with E-state index in [1.54, 1.807) is 0 Å². The molecule has 0 spiro atoms. The average molecular weight is 126 g/mol. The molecule has 2 aliphatic rings. The molecule has 52 valence electrons. The zero-order chi connectivity index (χ0) is 6.48. The summed E-state index contributed by atoms with van der Waals surface area (Å²) < 4.78 is 0. The van der Waals surface area contributed by atoms with E-state index >= 15 is 0 Å².